The Bertz CT molecular complexity index is 1480. The molecule has 0 spiro atoms. The molecular weight excluding hydrogens is 563 g/mol. The van der Waals surface area contributed by atoms with Crippen molar-refractivity contribution in [2.45, 2.75) is 89.9 Å². The van der Waals surface area contributed by atoms with Crippen molar-refractivity contribution in [1.29, 1.82) is 0 Å². The van der Waals surface area contributed by atoms with Crippen LogP contribution in [0.4, 0.5) is 23.0 Å². The largest absolute Gasteiger partial charge is 0.337 e. The molecular formula is C34H40Cl2N6. The van der Waals surface area contributed by atoms with E-state index < -0.39 is 0 Å². The van der Waals surface area contributed by atoms with E-state index in [0.717, 1.165) is 58.6 Å². The molecule has 0 radical (unpaired) electrons. The van der Waals surface area contributed by atoms with E-state index in [9.17, 15) is 0 Å². The molecule has 0 amide bonds. The first-order valence-corrected chi connectivity index (χ1v) is 15.2. The third-order valence-electron chi connectivity index (χ3n) is 8.12. The number of rotatable bonds is 4. The van der Waals surface area contributed by atoms with Gasteiger partial charge in [-0.1, -0.05) is 115 Å². The fraction of sp³-hybridized carbons (Fsp3) is 0.412. The number of hydrogen-bond donors (Lipinski definition) is 2. The van der Waals surface area contributed by atoms with Crippen molar-refractivity contribution in [3.8, 4) is 0 Å². The maximum Gasteiger partial charge on any atom is 0.174 e. The number of hydrogen-bond acceptors (Lipinski definition) is 6. The molecule has 0 saturated heterocycles. The predicted molar refractivity (Wildman–Crippen MR) is 175 cm³/mol. The van der Waals surface area contributed by atoms with E-state index in [0.29, 0.717) is 10.3 Å². The third-order valence-corrected chi connectivity index (χ3v) is 8.74. The number of nitrogens with zero attached hydrogens (tertiary/aromatic N) is 4. The Morgan fingerprint density at radius 2 is 0.762 bits per heavy atom. The highest BCUT2D eigenvalue weighted by Gasteiger charge is 2.46. The first kappa shape index (κ1) is 30.2. The van der Waals surface area contributed by atoms with Gasteiger partial charge in [0, 0.05) is 33.0 Å². The van der Waals surface area contributed by atoms with Crippen molar-refractivity contribution in [3.05, 3.63) is 93.7 Å². The normalized spacial score (nSPS) is 18.3. The summed E-state index contributed by atoms with van der Waals surface area (Å²) in [4.78, 5) is 18.9. The van der Waals surface area contributed by atoms with Crippen LogP contribution < -0.4 is 10.6 Å². The number of benzene rings is 2. The summed E-state index contributed by atoms with van der Waals surface area (Å²) in [5, 5.41) is 7.52. The van der Waals surface area contributed by atoms with Crippen LogP contribution in [0.15, 0.2) is 60.7 Å². The number of anilines is 4. The molecule has 0 aliphatic heterocycles. The zero-order chi connectivity index (χ0) is 30.5. The van der Waals surface area contributed by atoms with E-state index >= 15 is 0 Å². The Labute approximate surface area is 259 Å². The van der Waals surface area contributed by atoms with Crippen molar-refractivity contribution < 1.29 is 0 Å². The molecule has 6 nitrogen and oxygen atoms in total. The standard InChI is InChI=1S/C23H26N4.C11H14Cl2N2/c1-22(2)15-23(3,4)19-18(22)26-20(24-16-11-7-5-8-12-16)21(27-19)25-17-13-9-6-10-14-17;1-10(2)5-11(3,4)7-6(10)14-8(12)9(13)15-7/h5-14H,15H2,1-4H3,(H,24,26)(H,25,27);5H2,1-4H3. The van der Waals surface area contributed by atoms with Gasteiger partial charge in [0.1, 0.15) is 0 Å². The summed E-state index contributed by atoms with van der Waals surface area (Å²) in [6, 6.07) is 20.2. The van der Waals surface area contributed by atoms with Gasteiger partial charge in [0.2, 0.25) is 0 Å². The van der Waals surface area contributed by atoms with E-state index in [4.69, 9.17) is 33.2 Å². The van der Waals surface area contributed by atoms with E-state index in [2.05, 4.69) is 76.0 Å². The van der Waals surface area contributed by atoms with Crippen LogP contribution in [0.5, 0.6) is 0 Å². The lowest BCUT2D eigenvalue weighted by molar-refractivity contribution is 0.396. The Morgan fingerprint density at radius 3 is 1.07 bits per heavy atom. The number of halogens is 2. The lowest BCUT2D eigenvalue weighted by atomic mass is 9.83. The van der Waals surface area contributed by atoms with E-state index in [1.54, 1.807) is 0 Å². The summed E-state index contributed by atoms with van der Waals surface area (Å²) in [6.45, 7) is 17.7. The summed E-state index contributed by atoms with van der Waals surface area (Å²) in [5.41, 5.74) is 6.21. The molecule has 4 aromatic rings. The molecule has 2 aromatic carbocycles. The van der Waals surface area contributed by atoms with Crippen LogP contribution in [0, 0.1) is 0 Å². The maximum atomic E-state index is 5.91. The molecule has 42 heavy (non-hydrogen) atoms. The minimum Gasteiger partial charge on any atom is -0.337 e. The van der Waals surface area contributed by atoms with E-state index in [-0.39, 0.29) is 21.7 Å². The summed E-state index contributed by atoms with van der Waals surface area (Å²) in [6.07, 6.45) is 2.06. The van der Waals surface area contributed by atoms with Crippen LogP contribution in [0.2, 0.25) is 10.3 Å². The molecule has 0 fully saturated rings. The highest BCUT2D eigenvalue weighted by atomic mass is 35.5. The van der Waals surface area contributed by atoms with Crippen molar-refractivity contribution in [2.24, 2.45) is 0 Å². The SMILES string of the molecule is CC1(C)CC(C)(C)c2nc(Cl)c(Cl)nc21.CC1(C)CC(C)(C)c2nc(Nc3ccccc3)c(Nc3ccccc3)nc21. The van der Waals surface area contributed by atoms with Gasteiger partial charge in [-0.25, -0.2) is 19.9 Å². The fourth-order valence-corrected chi connectivity index (χ4v) is 7.01. The summed E-state index contributed by atoms with van der Waals surface area (Å²) in [7, 11) is 0. The second-order valence-electron chi connectivity index (χ2n) is 14.0. The maximum absolute atomic E-state index is 5.91. The van der Waals surface area contributed by atoms with Gasteiger partial charge in [0.05, 0.1) is 22.8 Å². The molecule has 2 heterocycles. The predicted octanol–water partition coefficient (Wildman–Crippen LogP) is 9.66. The topological polar surface area (TPSA) is 75.6 Å². The first-order valence-electron chi connectivity index (χ1n) is 14.4. The molecule has 2 N–H and O–H groups in total. The van der Waals surface area contributed by atoms with E-state index in [1.807, 2.05) is 60.7 Å². The average molecular weight is 604 g/mol. The second-order valence-corrected chi connectivity index (χ2v) is 14.7. The number of aromatic nitrogens is 4. The lowest BCUT2D eigenvalue weighted by Crippen LogP contribution is -2.18. The summed E-state index contributed by atoms with van der Waals surface area (Å²) in [5.74, 6) is 1.52. The number of para-hydroxylation sites is 2. The van der Waals surface area contributed by atoms with Crippen molar-refractivity contribution in [3.63, 3.8) is 0 Å². The van der Waals surface area contributed by atoms with Gasteiger partial charge in [0.15, 0.2) is 21.9 Å². The molecule has 8 heteroatoms. The molecule has 0 bridgehead atoms. The fourth-order valence-electron chi connectivity index (χ4n) is 6.75. The Morgan fingerprint density at radius 1 is 0.476 bits per heavy atom. The molecule has 2 aliphatic carbocycles. The quantitative estimate of drug-likeness (QED) is 0.242. The van der Waals surface area contributed by atoms with Crippen molar-refractivity contribution in [2.75, 3.05) is 10.6 Å². The highest BCUT2D eigenvalue weighted by molar-refractivity contribution is 6.40. The van der Waals surface area contributed by atoms with Gasteiger partial charge >= 0.3 is 0 Å². The molecule has 0 atom stereocenters. The van der Waals surface area contributed by atoms with Gasteiger partial charge in [-0.2, -0.15) is 0 Å². The molecule has 220 valence electrons. The first-order chi connectivity index (χ1) is 19.6. The van der Waals surface area contributed by atoms with Gasteiger partial charge < -0.3 is 10.6 Å². The summed E-state index contributed by atoms with van der Waals surface area (Å²) >= 11 is 11.8. The minimum atomic E-state index is 0.00419. The van der Waals surface area contributed by atoms with Crippen LogP contribution in [0.3, 0.4) is 0 Å². The van der Waals surface area contributed by atoms with Crippen LogP contribution in [-0.2, 0) is 21.7 Å². The van der Waals surface area contributed by atoms with Crippen LogP contribution in [0.1, 0.15) is 91.0 Å². The van der Waals surface area contributed by atoms with Gasteiger partial charge in [-0.3, -0.25) is 0 Å². The Balaban J connectivity index is 0.000000199. The van der Waals surface area contributed by atoms with Gasteiger partial charge in [-0.05, 0) is 37.1 Å². The minimum absolute atomic E-state index is 0.00419. The molecule has 2 aromatic heterocycles. The zero-order valence-corrected chi connectivity index (χ0v) is 27.2. The van der Waals surface area contributed by atoms with Crippen LogP contribution >= 0.6 is 23.2 Å². The summed E-state index contributed by atoms with van der Waals surface area (Å²) < 4.78 is 0. The Kier molecular flexibility index (Phi) is 7.78. The molecule has 0 unspecified atom stereocenters. The van der Waals surface area contributed by atoms with Crippen LogP contribution in [0.25, 0.3) is 0 Å². The molecule has 0 saturated carbocycles. The highest BCUT2D eigenvalue weighted by Crippen LogP contribution is 2.49. The van der Waals surface area contributed by atoms with Crippen molar-refractivity contribution >= 4 is 46.2 Å². The van der Waals surface area contributed by atoms with Gasteiger partial charge in [0.25, 0.3) is 0 Å². The monoisotopic (exact) mass is 602 g/mol. The number of nitrogens with one attached hydrogen (secondary N) is 2. The third kappa shape index (κ3) is 5.97. The zero-order valence-electron chi connectivity index (χ0n) is 25.7. The molecule has 6 rings (SSSR count). The van der Waals surface area contributed by atoms with Crippen LogP contribution in [-0.4, -0.2) is 19.9 Å². The lowest BCUT2D eigenvalue weighted by Gasteiger charge is -2.21. The van der Waals surface area contributed by atoms with E-state index in [1.165, 1.54) is 0 Å². The average Bonchev–Trinajstić information content (AvgIpc) is 3.20. The Hall–Kier alpha value is -3.22. The second kappa shape index (κ2) is 10.8. The van der Waals surface area contributed by atoms with Crippen molar-refractivity contribution in [1.82, 2.24) is 19.9 Å². The van der Waals surface area contributed by atoms with Gasteiger partial charge in [-0.15, -0.1) is 0 Å². The number of fused-ring (bicyclic) bond motifs is 2. The molecule has 2 aliphatic rings. The smallest absolute Gasteiger partial charge is 0.174 e.